The molecule has 0 amide bonds. The molecule has 7 aromatic carbocycles. The molecule has 0 spiro atoms. The standard InChI is InChI=1S/C42H34O/c1-42(2,3)24-23-28-25-29(26-37-31-16-10-11-22-38(31)43-41(28)37)39-33-17-6-8-19-35(33)40(36-20-9-7-18-34(36)39)32-21-12-14-27-13-4-5-15-30(27)32/h4-22,25-26H,23-24H2,1-3H3. The molecule has 0 saturated heterocycles. The number of hydrogen-bond acceptors (Lipinski definition) is 1. The zero-order valence-electron chi connectivity index (χ0n) is 24.9. The van der Waals surface area contributed by atoms with Crippen molar-refractivity contribution in [2.75, 3.05) is 0 Å². The Balaban J connectivity index is 1.49. The molecule has 43 heavy (non-hydrogen) atoms. The summed E-state index contributed by atoms with van der Waals surface area (Å²) in [6.45, 7) is 6.96. The zero-order chi connectivity index (χ0) is 29.1. The van der Waals surface area contributed by atoms with E-state index in [4.69, 9.17) is 4.42 Å². The van der Waals surface area contributed by atoms with Crippen molar-refractivity contribution in [1.29, 1.82) is 0 Å². The molecule has 0 aliphatic heterocycles. The Hall–Kier alpha value is -4.88. The molecule has 0 aliphatic rings. The summed E-state index contributed by atoms with van der Waals surface area (Å²) in [5.41, 5.74) is 8.61. The van der Waals surface area contributed by atoms with Crippen LogP contribution in [0.3, 0.4) is 0 Å². The minimum absolute atomic E-state index is 0.230. The Morgan fingerprint density at radius 3 is 1.74 bits per heavy atom. The highest BCUT2D eigenvalue weighted by atomic mass is 16.3. The minimum Gasteiger partial charge on any atom is -0.456 e. The first kappa shape index (κ1) is 25.8. The summed E-state index contributed by atoms with van der Waals surface area (Å²) in [6, 6.07) is 46.6. The van der Waals surface area contributed by atoms with E-state index in [-0.39, 0.29) is 5.41 Å². The number of para-hydroxylation sites is 1. The third-order valence-corrected chi connectivity index (χ3v) is 8.98. The number of aryl methyl sites for hydroxylation is 1. The van der Waals surface area contributed by atoms with Gasteiger partial charge in [0.05, 0.1) is 0 Å². The molecule has 8 aromatic rings. The van der Waals surface area contributed by atoms with Crippen molar-refractivity contribution >= 4 is 54.3 Å². The van der Waals surface area contributed by atoms with Gasteiger partial charge >= 0.3 is 0 Å². The maximum atomic E-state index is 6.53. The van der Waals surface area contributed by atoms with E-state index in [2.05, 4.69) is 148 Å². The van der Waals surface area contributed by atoms with Crippen LogP contribution in [0.2, 0.25) is 0 Å². The van der Waals surface area contributed by atoms with Crippen molar-refractivity contribution in [2.45, 2.75) is 33.6 Å². The normalized spacial score (nSPS) is 12.3. The van der Waals surface area contributed by atoms with E-state index in [1.54, 1.807) is 0 Å². The van der Waals surface area contributed by atoms with Gasteiger partial charge < -0.3 is 4.42 Å². The van der Waals surface area contributed by atoms with Gasteiger partial charge in [0.15, 0.2) is 0 Å². The second kappa shape index (κ2) is 9.85. The van der Waals surface area contributed by atoms with E-state index in [0.717, 1.165) is 24.0 Å². The lowest BCUT2D eigenvalue weighted by molar-refractivity contribution is 0.378. The van der Waals surface area contributed by atoms with E-state index < -0.39 is 0 Å². The molecule has 1 heteroatoms. The van der Waals surface area contributed by atoms with Crippen LogP contribution < -0.4 is 0 Å². The van der Waals surface area contributed by atoms with Crippen molar-refractivity contribution in [3.8, 4) is 22.3 Å². The predicted octanol–water partition coefficient (Wildman–Crippen LogP) is 12.4. The molecule has 0 fully saturated rings. The Bertz CT molecular complexity index is 2260. The van der Waals surface area contributed by atoms with E-state index >= 15 is 0 Å². The number of fused-ring (bicyclic) bond motifs is 6. The fraction of sp³-hybridized carbons (Fsp3) is 0.143. The monoisotopic (exact) mass is 554 g/mol. The molecule has 0 aliphatic carbocycles. The van der Waals surface area contributed by atoms with Crippen LogP contribution in [0.1, 0.15) is 32.8 Å². The van der Waals surface area contributed by atoms with Gasteiger partial charge in [-0.05, 0) is 96.6 Å². The lowest BCUT2D eigenvalue weighted by Crippen LogP contribution is -2.06. The van der Waals surface area contributed by atoms with Crippen LogP contribution in [0.5, 0.6) is 0 Å². The van der Waals surface area contributed by atoms with Gasteiger partial charge in [-0.1, -0.05) is 130 Å². The molecule has 0 atom stereocenters. The number of benzene rings is 7. The summed E-state index contributed by atoms with van der Waals surface area (Å²) in [7, 11) is 0. The second-order valence-corrected chi connectivity index (χ2v) is 13.0. The molecule has 0 bridgehead atoms. The molecule has 0 N–H and O–H groups in total. The fourth-order valence-corrected chi connectivity index (χ4v) is 6.91. The first-order valence-corrected chi connectivity index (χ1v) is 15.3. The summed E-state index contributed by atoms with van der Waals surface area (Å²) in [4.78, 5) is 0. The van der Waals surface area contributed by atoms with Gasteiger partial charge in [-0.25, -0.2) is 0 Å². The molecular formula is C42H34O. The van der Waals surface area contributed by atoms with Crippen molar-refractivity contribution in [2.24, 2.45) is 5.41 Å². The molecule has 0 saturated carbocycles. The lowest BCUT2D eigenvalue weighted by atomic mass is 9.83. The van der Waals surface area contributed by atoms with Crippen LogP contribution in [0.15, 0.2) is 132 Å². The van der Waals surface area contributed by atoms with Gasteiger partial charge in [-0.3, -0.25) is 0 Å². The van der Waals surface area contributed by atoms with Crippen LogP contribution >= 0.6 is 0 Å². The Morgan fingerprint density at radius 2 is 1.07 bits per heavy atom. The maximum absolute atomic E-state index is 6.53. The molecule has 1 nitrogen and oxygen atoms in total. The summed E-state index contributed by atoms with van der Waals surface area (Å²) >= 11 is 0. The third-order valence-electron chi connectivity index (χ3n) is 8.98. The Labute approximate surface area is 252 Å². The maximum Gasteiger partial charge on any atom is 0.138 e. The largest absolute Gasteiger partial charge is 0.456 e. The molecule has 0 unspecified atom stereocenters. The highest BCUT2D eigenvalue weighted by Crippen LogP contribution is 2.46. The van der Waals surface area contributed by atoms with Crippen molar-refractivity contribution < 1.29 is 4.42 Å². The number of hydrogen-bond donors (Lipinski definition) is 0. The van der Waals surface area contributed by atoms with Gasteiger partial charge in [0, 0.05) is 10.8 Å². The lowest BCUT2D eigenvalue weighted by Gasteiger charge is -2.20. The SMILES string of the molecule is CC(C)(C)CCc1cc(-c2c3ccccc3c(-c3cccc4ccccc34)c3ccccc23)cc2c1oc1ccccc12. The molecule has 1 aromatic heterocycles. The van der Waals surface area contributed by atoms with E-state index in [1.165, 1.54) is 70.9 Å². The van der Waals surface area contributed by atoms with Gasteiger partial charge in [0.25, 0.3) is 0 Å². The summed E-state index contributed by atoms with van der Waals surface area (Å²) in [5.74, 6) is 0. The zero-order valence-corrected chi connectivity index (χ0v) is 24.9. The average molecular weight is 555 g/mol. The average Bonchev–Trinajstić information content (AvgIpc) is 3.40. The smallest absolute Gasteiger partial charge is 0.138 e. The predicted molar refractivity (Wildman–Crippen MR) is 185 cm³/mol. The quantitative estimate of drug-likeness (QED) is 0.197. The van der Waals surface area contributed by atoms with E-state index in [1.807, 2.05) is 0 Å². The Kier molecular flexibility index (Phi) is 5.91. The first-order valence-electron chi connectivity index (χ1n) is 15.3. The van der Waals surface area contributed by atoms with Gasteiger partial charge in [0.1, 0.15) is 11.2 Å². The number of furan rings is 1. The third kappa shape index (κ3) is 4.31. The highest BCUT2D eigenvalue weighted by Gasteiger charge is 2.21. The van der Waals surface area contributed by atoms with E-state index in [9.17, 15) is 0 Å². The van der Waals surface area contributed by atoms with Crippen molar-refractivity contribution in [3.05, 3.63) is 133 Å². The number of rotatable bonds is 4. The van der Waals surface area contributed by atoms with Crippen LogP contribution in [0, 0.1) is 5.41 Å². The highest BCUT2D eigenvalue weighted by molar-refractivity contribution is 6.24. The van der Waals surface area contributed by atoms with Gasteiger partial charge in [0.2, 0.25) is 0 Å². The van der Waals surface area contributed by atoms with Gasteiger partial charge in [-0.15, -0.1) is 0 Å². The second-order valence-electron chi connectivity index (χ2n) is 13.0. The van der Waals surface area contributed by atoms with Crippen molar-refractivity contribution in [1.82, 2.24) is 0 Å². The first-order chi connectivity index (χ1) is 21.0. The van der Waals surface area contributed by atoms with Crippen molar-refractivity contribution in [3.63, 3.8) is 0 Å². The van der Waals surface area contributed by atoms with Gasteiger partial charge in [-0.2, -0.15) is 0 Å². The summed E-state index contributed by atoms with van der Waals surface area (Å²) < 4.78 is 6.53. The van der Waals surface area contributed by atoms with Crippen LogP contribution in [-0.2, 0) is 6.42 Å². The molecule has 0 radical (unpaired) electrons. The summed E-state index contributed by atoms with van der Waals surface area (Å²) in [5, 5.41) is 10.0. The molecular weight excluding hydrogens is 520 g/mol. The molecule has 1 heterocycles. The molecule has 208 valence electrons. The minimum atomic E-state index is 0.230. The van der Waals surface area contributed by atoms with Crippen LogP contribution in [-0.4, -0.2) is 0 Å². The van der Waals surface area contributed by atoms with E-state index in [0.29, 0.717) is 0 Å². The summed E-state index contributed by atoms with van der Waals surface area (Å²) in [6.07, 6.45) is 2.06. The topological polar surface area (TPSA) is 13.1 Å². The van der Waals surface area contributed by atoms with Crippen LogP contribution in [0.25, 0.3) is 76.5 Å². The Morgan fingerprint density at radius 1 is 0.512 bits per heavy atom. The van der Waals surface area contributed by atoms with Crippen LogP contribution in [0.4, 0.5) is 0 Å². The molecule has 8 rings (SSSR count). The fourth-order valence-electron chi connectivity index (χ4n) is 6.91.